The quantitative estimate of drug-likeness (QED) is 0.578. The summed E-state index contributed by atoms with van der Waals surface area (Å²) in [5, 5.41) is 3.87. The molecule has 0 saturated carbocycles. The number of amides is 2. The summed E-state index contributed by atoms with van der Waals surface area (Å²) in [6.07, 6.45) is 0.835. The van der Waals surface area contributed by atoms with E-state index in [1.165, 1.54) is 0 Å². The number of ether oxygens (including phenoxy) is 1. The first-order valence-corrected chi connectivity index (χ1v) is 9.95. The minimum atomic E-state index is -0.0923. The highest BCUT2D eigenvalue weighted by Gasteiger charge is 2.12. The van der Waals surface area contributed by atoms with Crippen LogP contribution in [0, 0.1) is 0 Å². The van der Waals surface area contributed by atoms with Gasteiger partial charge in [-0.2, -0.15) is 0 Å². The van der Waals surface area contributed by atoms with Crippen molar-refractivity contribution in [3.8, 4) is 0 Å². The first-order valence-electron chi connectivity index (χ1n) is 9.13. The summed E-state index contributed by atoms with van der Waals surface area (Å²) >= 11 is 1.62. The van der Waals surface area contributed by atoms with E-state index in [1.54, 1.807) is 23.3 Å². The third-order valence-corrected chi connectivity index (χ3v) is 5.31. The number of carbonyl (C=O) groups is 1. The lowest BCUT2D eigenvalue weighted by Crippen LogP contribution is -2.37. The maximum Gasteiger partial charge on any atom is 0.317 e. The van der Waals surface area contributed by atoms with Gasteiger partial charge in [0.1, 0.15) is 5.01 Å². The summed E-state index contributed by atoms with van der Waals surface area (Å²) in [5.41, 5.74) is 2.15. The van der Waals surface area contributed by atoms with E-state index >= 15 is 0 Å². The lowest BCUT2D eigenvalue weighted by atomic mass is 10.1. The van der Waals surface area contributed by atoms with Gasteiger partial charge in [0.05, 0.1) is 22.9 Å². The second-order valence-electron chi connectivity index (χ2n) is 6.44. The highest BCUT2D eigenvalue weighted by atomic mass is 32.1. The second-order valence-corrected chi connectivity index (χ2v) is 7.56. The summed E-state index contributed by atoms with van der Waals surface area (Å²) in [5.74, 6) is 0. The van der Waals surface area contributed by atoms with Crippen LogP contribution >= 0.6 is 11.3 Å². The van der Waals surface area contributed by atoms with Crippen molar-refractivity contribution in [2.45, 2.75) is 26.0 Å². The molecule has 3 aromatic rings. The van der Waals surface area contributed by atoms with Gasteiger partial charge in [0.15, 0.2) is 0 Å². The standard InChI is InChI=1S/C21H25N3O2S/c1-16(17-9-4-3-5-10-17)26-14-8-13-22-21(25)24(2)15-20-23-18-11-6-7-12-19(18)27-20/h3-7,9-12,16H,8,13-15H2,1-2H3,(H,22,25)/t16-/m0/s1. The molecule has 3 rings (SSSR count). The topological polar surface area (TPSA) is 54.5 Å². The minimum Gasteiger partial charge on any atom is -0.374 e. The van der Waals surface area contributed by atoms with Crippen LogP contribution in [0.15, 0.2) is 54.6 Å². The predicted molar refractivity (Wildman–Crippen MR) is 110 cm³/mol. The van der Waals surface area contributed by atoms with Gasteiger partial charge in [0.25, 0.3) is 0 Å². The van der Waals surface area contributed by atoms with Crippen molar-refractivity contribution in [2.75, 3.05) is 20.2 Å². The summed E-state index contributed by atoms with van der Waals surface area (Å²) in [7, 11) is 1.79. The van der Waals surface area contributed by atoms with E-state index in [-0.39, 0.29) is 12.1 Å². The number of hydrogen-bond acceptors (Lipinski definition) is 4. The van der Waals surface area contributed by atoms with Crippen LogP contribution in [0.2, 0.25) is 0 Å². The van der Waals surface area contributed by atoms with E-state index in [4.69, 9.17) is 4.74 Å². The van der Waals surface area contributed by atoms with E-state index < -0.39 is 0 Å². The molecule has 0 saturated heterocycles. The Bertz CT molecular complexity index is 833. The van der Waals surface area contributed by atoms with Gasteiger partial charge in [-0.1, -0.05) is 42.5 Å². The van der Waals surface area contributed by atoms with Gasteiger partial charge in [-0.25, -0.2) is 9.78 Å². The molecule has 1 aromatic heterocycles. The highest BCUT2D eigenvalue weighted by molar-refractivity contribution is 7.18. The van der Waals surface area contributed by atoms with Gasteiger partial charge in [0, 0.05) is 20.2 Å². The van der Waals surface area contributed by atoms with Crippen molar-refractivity contribution >= 4 is 27.6 Å². The van der Waals surface area contributed by atoms with Crippen LogP contribution in [-0.2, 0) is 11.3 Å². The lowest BCUT2D eigenvalue weighted by molar-refractivity contribution is 0.0642. The van der Waals surface area contributed by atoms with Crippen LogP contribution in [-0.4, -0.2) is 36.1 Å². The van der Waals surface area contributed by atoms with E-state index in [1.807, 2.05) is 49.4 Å². The summed E-state index contributed by atoms with van der Waals surface area (Å²) in [4.78, 5) is 18.5. The molecule has 2 amide bonds. The highest BCUT2D eigenvalue weighted by Crippen LogP contribution is 2.22. The molecule has 1 N–H and O–H groups in total. The Balaban J connectivity index is 1.36. The van der Waals surface area contributed by atoms with E-state index in [0.29, 0.717) is 19.7 Å². The zero-order valence-electron chi connectivity index (χ0n) is 15.7. The first-order chi connectivity index (χ1) is 13.1. The largest absolute Gasteiger partial charge is 0.374 e. The molecule has 0 aliphatic rings. The third-order valence-electron chi connectivity index (χ3n) is 4.29. The number of urea groups is 1. The van der Waals surface area contributed by atoms with Gasteiger partial charge < -0.3 is 15.0 Å². The predicted octanol–water partition coefficient (Wildman–Crippen LogP) is 4.61. The van der Waals surface area contributed by atoms with Gasteiger partial charge in [-0.15, -0.1) is 11.3 Å². The normalized spacial score (nSPS) is 12.1. The Hall–Kier alpha value is -2.44. The van der Waals surface area contributed by atoms with Gasteiger partial charge >= 0.3 is 6.03 Å². The Kier molecular flexibility index (Phi) is 6.79. The number of aromatic nitrogens is 1. The van der Waals surface area contributed by atoms with Gasteiger partial charge in [0.2, 0.25) is 0 Å². The number of para-hydroxylation sites is 1. The van der Waals surface area contributed by atoms with Gasteiger partial charge in [-0.3, -0.25) is 0 Å². The van der Waals surface area contributed by atoms with Crippen molar-refractivity contribution < 1.29 is 9.53 Å². The molecule has 0 radical (unpaired) electrons. The van der Waals surface area contributed by atoms with Crippen LogP contribution in [0.25, 0.3) is 10.2 Å². The zero-order valence-corrected chi connectivity index (χ0v) is 16.5. The van der Waals surface area contributed by atoms with Crippen molar-refractivity contribution in [3.05, 3.63) is 65.2 Å². The van der Waals surface area contributed by atoms with Crippen LogP contribution < -0.4 is 5.32 Å². The molecule has 1 atom stereocenters. The van der Waals surface area contributed by atoms with E-state index in [0.717, 1.165) is 27.2 Å². The molecular formula is C21H25N3O2S. The first kappa shape index (κ1) is 19.3. The number of benzene rings is 2. The smallest absolute Gasteiger partial charge is 0.317 e. The minimum absolute atomic E-state index is 0.0589. The summed E-state index contributed by atoms with van der Waals surface area (Å²) < 4.78 is 6.97. The molecule has 5 nitrogen and oxygen atoms in total. The fraction of sp³-hybridized carbons (Fsp3) is 0.333. The van der Waals surface area contributed by atoms with Gasteiger partial charge in [-0.05, 0) is 31.0 Å². The molecule has 27 heavy (non-hydrogen) atoms. The average Bonchev–Trinajstić information content (AvgIpc) is 3.10. The molecule has 0 aliphatic carbocycles. The van der Waals surface area contributed by atoms with Crippen LogP contribution in [0.1, 0.15) is 30.0 Å². The number of carbonyl (C=O) groups excluding carboxylic acids is 1. The average molecular weight is 384 g/mol. The third kappa shape index (κ3) is 5.52. The van der Waals surface area contributed by atoms with E-state index in [9.17, 15) is 4.79 Å². The van der Waals surface area contributed by atoms with E-state index in [2.05, 4.69) is 22.4 Å². The Labute approximate surface area is 164 Å². The Morgan fingerprint density at radius 2 is 1.93 bits per heavy atom. The van der Waals surface area contributed by atoms with Crippen LogP contribution in [0.5, 0.6) is 0 Å². The lowest BCUT2D eigenvalue weighted by Gasteiger charge is -2.17. The number of fused-ring (bicyclic) bond motifs is 1. The number of hydrogen-bond donors (Lipinski definition) is 1. The van der Waals surface area contributed by atoms with Crippen molar-refractivity contribution in [1.29, 1.82) is 0 Å². The molecule has 0 aliphatic heterocycles. The molecular weight excluding hydrogens is 358 g/mol. The zero-order chi connectivity index (χ0) is 19.1. The Morgan fingerprint density at radius 3 is 2.70 bits per heavy atom. The maximum atomic E-state index is 12.2. The molecule has 0 fully saturated rings. The maximum absolute atomic E-state index is 12.2. The fourth-order valence-corrected chi connectivity index (χ4v) is 3.77. The van der Waals surface area contributed by atoms with Crippen LogP contribution in [0.3, 0.4) is 0 Å². The molecule has 6 heteroatoms. The van der Waals surface area contributed by atoms with Crippen molar-refractivity contribution in [3.63, 3.8) is 0 Å². The summed E-state index contributed by atoms with van der Waals surface area (Å²) in [6.45, 7) is 3.74. The monoisotopic (exact) mass is 383 g/mol. The van der Waals surface area contributed by atoms with Crippen molar-refractivity contribution in [2.24, 2.45) is 0 Å². The van der Waals surface area contributed by atoms with Crippen LogP contribution in [0.4, 0.5) is 4.79 Å². The number of nitrogens with zero attached hydrogens (tertiary/aromatic N) is 2. The summed E-state index contributed by atoms with van der Waals surface area (Å²) in [6, 6.07) is 18.1. The molecule has 0 spiro atoms. The number of thiazole rings is 1. The SMILES string of the molecule is C[C@H](OCCCNC(=O)N(C)Cc1nc2ccccc2s1)c1ccccc1. The molecule has 0 unspecified atom stereocenters. The molecule has 2 aromatic carbocycles. The Morgan fingerprint density at radius 1 is 1.19 bits per heavy atom. The second kappa shape index (κ2) is 9.48. The molecule has 0 bridgehead atoms. The molecule has 142 valence electrons. The number of rotatable bonds is 8. The molecule has 1 heterocycles. The fourth-order valence-electron chi connectivity index (χ4n) is 2.75. The number of nitrogens with one attached hydrogen (secondary N) is 1. The van der Waals surface area contributed by atoms with Crippen molar-refractivity contribution in [1.82, 2.24) is 15.2 Å².